The van der Waals surface area contributed by atoms with E-state index >= 15 is 0 Å². The molecule has 1 aromatic heterocycles. The number of nitrogens with one attached hydrogen (secondary N) is 1. The predicted molar refractivity (Wildman–Crippen MR) is 148 cm³/mol. The lowest BCUT2D eigenvalue weighted by molar-refractivity contribution is -0.268. The highest BCUT2D eigenvalue weighted by atomic mass is 32.2. The first-order valence-corrected chi connectivity index (χ1v) is 14.7. The van der Waals surface area contributed by atoms with Crippen LogP contribution in [0.2, 0.25) is 0 Å². The minimum Gasteiger partial charge on any atom is -0.392 e. The fourth-order valence-electron chi connectivity index (χ4n) is 5.24. The maximum atomic E-state index is 13.1. The smallest absolute Gasteiger partial charge is 0.392 e. The number of tetrazole rings is 1. The third-order valence-electron chi connectivity index (χ3n) is 7.57. The van der Waals surface area contributed by atoms with Gasteiger partial charge in [0, 0.05) is 36.5 Å². The van der Waals surface area contributed by atoms with Crippen LogP contribution in [0.3, 0.4) is 0 Å². The van der Waals surface area contributed by atoms with Crippen molar-refractivity contribution in [3.05, 3.63) is 65.2 Å². The second kappa shape index (κ2) is 13.0. The Morgan fingerprint density at radius 1 is 1.14 bits per heavy atom. The molecule has 5 rings (SSSR count). The van der Waals surface area contributed by atoms with E-state index in [-0.39, 0.29) is 37.7 Å². The van der Waals surface area contributed by atoms with Crippen molar-refractivity contribution in [2.24, 2.45) is 13.0 Å². The van der Waals surface area contributed by atoms with Crippen LogP contribution >= 0.6 is 11.8 Å². The number of aliphatic hydroxyl groups is 1. The van der Waals surface area contributed by atoms with Gasteiger partial charge in [-0.25, -0.2) is 4.68 Å². The maximum Gasteiger partial charge on any atom is 0.471 e. The molecule has 5 atom stereocenters. The van der Waals surface area contributed by atoms with Gasteiger partial charge < -0.3 is 24.8 Å². The van der Waals surface area contributed by atoms with E-state index in [1.807, 2.05) is 31.2 Å². The quantitative estimate of drug-likeness (QED) is 0.361. The van der Waals surface area contributed by atoms with E-state index in [0.29, 0.717) is 33.5 Å². The van der Waals surface area contributed by atoms with E-state index in [4.69, 9.17) is 9.47 Å². The summed E-state index contributed by atoms with van der Waals surface area (Å²) in [5.41, 5.74) is 2.59. The zero-order valence-electron chi connectivity index (χ0n) is 23.4. The van der Waals surface area contributed by atoms with Crippen LogP contribution in [-0.4, -0.2) is 72.6 Å². The van der Waals surface area contributed by atoms with Crippen LogP contribution in [0.25, 0.3) is 0 Å². The van der Waals surface area contributed by atoms with Gasteiger partial charge in [0.15, 0.2) is 6.29 Å². The van der Waals surface area contributed by atoms with E-state index < -0.39 is 30.3 Å². The fraction of sp³-hybridized carbons (Fsp3) is 0.464. The van der Waals surface area contributed by atoms with E-state index in [0.717, 1.165) is 11.1 Å². The van der Waals surface area contributed by atoms with Crippen molar-refractivity contribution in [3.8, 4) is 0 Å². The monoisotopic (exact) mass is 620 g/mol. The Morgan fingerprint density at radius 3 is 2.58 bits per heavy atom. The van der Waals surface area contributed by atoms with Crippen molar-refractivity contribution in [2.75, 3.05) is 17.6 Å². The molecule has 3 aromatic rings. The van der Waals surface area contributed by atoms with Gasteiger partial charge in [-0.15, -0.1) is 5.10 Å². The number of hydrogen-bond acceptors (Lipinski definition) is 9. The van der Waals surface area contributed by atoms with Crippen LogP contribution in [0.1, 0.15) is 48.8 Å². The summed E-state index contributed by atoms with van der Waals surface area (Å²) in [5, 5.41) is 24.3. The van der Waals surface area contributed by atoms with Gasteiger partial charge in [-0.05, 0) is 46.5 Å². The minimum absolute atomic E-state index is 0.0837. The molecule has 230 valence electrons. The second-order valence-electron chi connectivity index (χ2n) is 10.5. The van der Waals surface area contributed by atoms with Crippen LogP contribution in [0, 0.1) is 5.92 Å². The van der Waals surface area contributed by atoms with Crippen LogP contribution < -0.4 is 5.32 Å². The van der Waals surface area contributed by atoms with Gasteiger partial charge in [-0.2, -0.15) is 13.2 Å². The average Bonchev–Trinajstić information content (AvgIpc) is 3.65. The van der Waals surface area contributed by atoms with Crippen LogP contribution in [-0.2, 0) is 32.7 Å². The first-order chi connectivity index (χ1) is 20.5. The van der Waals surface area contributed by atoms with Gasteiger partial charge >= 0.3 is 12.1 Å². The Balaban J connectivity index is 1.35. The normalized spacial score (nSPS) is 24.2. The first kappa shape index (κ1) is 30.9. The highest BCUT2D eigenvalue weighted by molar-refractivity contribution is 7.99. The lowest BCUT2D eigenvalue weighted by Crippen LogP contribution is -2.48. The molecular formula is C28H31F3N6O5S. The minimum atomic E-state index is -5.05. The predicted octanol–water partition coefficient (Wildman–Crippen LogP) is 3.78. The zero-order chi connectivity index (χ0) is 30.7. The average molecular weight is 621 g/mol. The molecule has 5 unspecified atom stereocenters. The largest absolute Gasteiger partial charge is 0.471 e. The number of aromatic nitrogens is 4. The summed E-state index contributed by atoms with van der Waals surface area (Å²) < 4.78 is 53.6. The zero-order valence-corrected chi connectivity index (χ0v) is 24.2. The van der Waals surface area contributed by atoms with E-state index in [1.54, 1.807) is 36.0 Å². The number of hydrogen-bond donors (Lipinski definition) is 2. The number of aliphatic hydroxyl groups excluding tert-OH is 1. The summed E-state index contributed by atoms with van der Waals surface area (Å²) in [5.74, 6) is -2.29. The Bertz CT molecular complexity index is 1440. The van der Waals surface area contributed by atoms with Crippen LogP contribution in [0.5, 0.6) is 0 Å². The van der Waals surface area contributed by atoms with Gasteiger partial charge in [0.05, 0.1) is 18.8 Å². The third-order valence-corrected chi connectivity index (χ3v) is 8.67. The molecule has 2 N–H and O–H groups in total. The molecule has 0 radical (unpaired) electrons. The van der Waals surface area contributed by atoms with Crippen LogP contribution in [0.15, 0.2) is 53.7 Å². The summed E-state index contributed by atoms with van der Waals surface area (Å²) in [7, 11) is 1.74. The molecule has 2 aliphatic heterocycles. The molecule has 3 heterocycles. The molecule has 15 heteroatoms. The van der Waals surface area contributed by atoms with E-state index in [1.165, 1.54) is 11.8 Å². The summed E-state index contributed by atoms with van der Waals surface area (Å²) in [6, 6.07) is 13.0. The van der Waals surface area contributed by atoms with Gasteiger partial charge in [-0.3, -0.25) is 9.59 Å². The van der Waals surface area contributed by atoms with Crippen molar-refractivity contribution < 1.29 is 37.3 Å². The second-order valence-corrected chi connectivity index (χ2v) is 11.5. The Morgan fingerprint density at radius 2 is 1.91 bits per heavy atom. The lowest BCUT2D eigenvalue weighted by atomic mass is 9.91. The van der Waals surface area contributed by atoms with E-state index in [9.17, 15) is 27.9 Å². The Labute approximate surface area is 249 Å². The van der Waals surface area contributed by atoms with Gasteiger partial charge in [0.1, 0.15) is 6.04 Å². The number of nitrogens with zero attached hydrogens (tertiary/aromatic N) is 5. The molecule has 2 amide bonds. The standard InChI is InChI=1S/C28H31F3N6O5S/c1-16-22(15-43-27-33-34-35-36(27)2)41-25(42-23(16)18-10-8-17(14-38)9-11-18)19-5-3-6-20(13-19)32-24(39)21-7-4-12-37(21)26(40)28(29,30)31/h3,5-6,8-11,13,16,21-23,25,38H,4,7,12,14-15H2,1-2H3,(H,32,39). The van der Waals surface area contributed by atoms with E-state index in [2.05, 4.69) is 20.8 Å². The first-order valence-electron chi connectivity index (χ1n) is 13.7. The molecular weight excluding hydrogens is 589 g/mol. The lowest BCUT2D eigenvalue weighted by Gasteiger charge is -2.41. The number of rotatable bonds is 8. The molecule has 43 heavy (non-hydrogen) atoms. The maximum absolute atomic E-state index is 13.1. The summed E-state index contributed by atoms with van der Waals surface area (Å²) in [6.07, 6.45) is -6.14. The van der Waals surface area contributed by atoms with Crippen molar-refractivity contribution in [1.29, 1.82) is 0 Å². The number of aryl methyl sites for hydroxylation is 1. The number of alkyl halides is 3. The SMILES string of the molecule is CC1C(CSc2nnnn2C)OC(c2cccc(NC(=O)C3CCCN3C(=O)C(F)(F)F)c2)OC1c1ccc(CO)cc1. The number of benzene rings is 2. The molecule has 0 bridgehead atoms. The number of thioether (sulfide) groups is 1. The number of amides is 2. The topological polar surface area (TPSA) is 132 Å². The number of likely N-dealkylation sites (tertiary alicyclic amines) is 1. The van der Waals surface area contributed by atoms with Crippen molar-refractivity contribution in [1.82, 2.24) is 25.1 Å². The number of anilines is 1. The number of ether oxygens (including phenoxy) is 2. The highest BCUT2D eigenvalue weighted by Gasteiger charge is 2.47. The van der Waals surface area contributed by atoms with Crippen molar-refractivity contribution >= 4 is 29.3 Å². The molecule has 0 aliphatic carbocycles. The summed E-state index contributed by atoms with van der Waals surface area (Å²) >= 11 is 1.44. The number of halogens is 3. The van der Waals surface area contributed by atoms with Crippen molar-refractivity contribution in [2.45, 2.75) is 62.2 Å². The molecule has 2 fully saturated rings. The van der Waals surface area contributed by atoms with Crippen LogP contribution in [0.4, 0.5) is 18.9 Å². The summed E-state index contributed by atoms with van der Waals surface area (Å²) in [6.45, 7) is 1.80. The summed E-state index contributed by atoms with van der Waals surface area (Å²) in [4.78, 5) is 25.4. The molecule has 0 spiro atoms. The van der Waals surface area contributed by atoms with Crippen molar-refractivity contribution in [3.63, 3.8) is 0 Å². The molecule has 2 aromatic carbocycles. The molecule has 2 saturated heterocycles. The molecule has 11 nitrogen and oxygen atoms in total. The Hall–Kier alpha value is -3.53. The van der Waals surface area contributed by atoms with Gasteiger partial charge in [0.25, 0.3) is 0 Å². The highest BCUT2D eigenvalue weighted by Crippen LogP contribution is 2.43. The fourth-order valence-corrected chi connectivity index (χ4v) is 6.26. The number of carbonyl (C=O) groups is 2. The molecule has 0 saturated carbocycles. The number of carbonyl (C=O) groups excluding carboxylic acids is 2. The molecule has 2 aliphatic rings. The van der Waals surface area contributed by atoms with Gasteiger partial charge in [0.2, 0.25) is 11.1 Å². The van der Waals surface area contributed by atoms with Gasteiger partial charge in [-0.1, -0.05) is 55.1 Å². The third kappa shape index (κ3) is 7.00. The Kier molecular flexibility index (Phi) is 9.34.